The summed E-state index contributed by atoms with van der Waals surface area (Å²) in [5.41, 5.74) is 3.16. The van der Waals surface area contributed by atoms with E-state index < -0.39 is 5.97 Å². The van der Waals surface area contributed by atoms with Crippen LogP contribution in [0, 0.1) is 0 Å². The number of hydrogen-bond donors (Lipinski definition) is 4. The Morgan fingerprint density at radius 3 is 2.72 bits per heavy atom. The first-order chi connectivity index (χ1) is 12.1. The minimum atomic E-state index is -1.07. The first-order valence-corrected chi connectivity index (χ1v) is 7.98. The molecule has 6 heteroatoms. The number of carbonyl (C=O) groups excluding carboxylic acids is 1. The number of anilines is 1. The van der Waals surface area contributed by atoms with Crippen LogP contribution in [0.25, 0.3) is 10.9 Å². The molecule has 0 saturated carbocycles. The highest BCUT2D eigenvalue weighted by molar-refractivity contribution is 6.00. The minimum Gasteiger partial charge on any atom is -0.478 e. The van der Waals surface area contributed by atoms with E-state index in [1.54, 1.807) is 12.1 Å². The van der Waals surface area contributed by atoms with Gasteiger partial charge in [-0.25, -0.2) is 4.79 Å². The zero-order chi connectivity index (χ0) is 17.8. The predicted octanol–water partition coefficient (Wildman–Crippen LogP) is 2.88. The fraction of sp³-hybridized carbons (Fsp3) is 0.158. The van der Waals surface area contributed by atoms with Crippen LogP contribution in [0.1, 0.15) is 26.3 Å². The number of carbonyl (C=O) groups is 2. The summed E-state index contributed by atoms with van der Waals surface area (Å²) in [4.78, 5) is 26.4. The van der Waals surface area contributed by atoms with Crippen molar-refractivity contribution in [1.29, 1.82) is 0 Å². The van der Waals surface area contributed by atoms with E-state index in [2.05, 4.69) is 21.7 Å². The number of para-hydroxylation sites is 1. The van der Waals surface area contributed by atoms with Gasteiger partial charge in [0.05, 0.1) is 5.56 Å². The Labute approximate surface area is 144 Å². The van der Waals surface area contributed by atoms with Crippen molar-refractivity contribution in [3.8, 4) is 0 Å². The van der Waals surface area contributed by atoms with E-state index in [0.29, 0.717) is 17.8 Å². The van der Waals surface area contributed by atoms with Crippen molar-refractivity contribution < 1.29 is 14.7 Å². The molecule has 6 nitrogen and oxygen atoms in total. The molecular formula is C19H19N3O3. The van der Waals surface area contributed by atoms with E-state index in [1.165, 1.54) is 18.7 Å². The van der Waals surface area contributed by atoms with Gasteiger partial charge in [0.1, 0.15) is 0 Å². The molecule has 4 N–H and O–H groups in total. The molecule has 0 aliphatic heterocycles. The maximum absolute atomic E-state index is 11.7. The highest BCUT2D eigenvalue weighted by Crippen LogP contribution is 2.20. The number of carboxylic acid groups (broad SMARTS) is 1. The monoisotopic (exact) mass is 337 g/mol. The lowest BCUT2D eigenvalue weighted by Crippen LogP contribution is -2.19. The topological polar surface area (TPSA) is 94.2 Å². The number of fused-ring (bicyclic) bond motifs is 1. The van der Waals surface area contributed by atoms with Gasteiger partial charge in [-0.2, -0.15) is 0 Å². The van der Waals surface area contributed by atoms with Crippen LogP contribution in [-0.4, -0.2) is 35.6 Å². The summed E-state index contributed by atoms with van der Waals surface area (Å²) in [6.45, 7) is 0.585. The van der Waals surface area contributed by atoms with E-state index in [-0.39, 0.29) is 11.5 Å². The molecule has 0 unspecified atom stereocenters. The second-order valence-electron chi connectivity index (χ2n) is 5.68. The van der Waals surface area contributed by atoms with Crippen LogP contribution >= 0.6 is 0 Å². The average molecular weight is 337 g/mol. The SMILES string of the molecule is CNC(=O)c1ccc(NCCc2c[nH]c3ccccc23)c(C(=O)O)c1. The van der Waals surface area contributed by atoms with Crippen molar-refractivity contribution in [2.24, 2.45) is 0 Å². The molecule has 0 spiro atoms. The van der Waals surface area contributed by atoms with E-state index in [1.807, 2.05) is 24.4 Å². The molecule has 0 saturated heterocycles. The Morgan fingerprint density at radius 2 is 1.96 bits per heavy atom. The molecule has 0 atom stereocenters. The third-order valence-electron chi connectivity index (χ3n) is 4.12. The summed E-state index contributed by atoms with van der Waals surface area (Å²) in [6, 6.07) is 12.7. The molecule has 128 valence electrons. The van der Waals surface area contributed by atoms with Crippen LogP contribution in [-0.2, 0) is 6.42 Å². The van der Waals surface area contributed by atoms with Gasteiger partial charge in [0.15, 0.2) is 0 Å². The van der Waals surface area contributed by atoms with Gasteiger partial charge in [0.2, 0.25) is 0 Å². The first-order valence-electron chi connectivity index (χ1n) is 7.98. The van der Waals surface area contributed by atoms with Gasteiger partial charge in [-0.05, 0) is 36.2 Å². The van der Waals surface area contributed by atoms with Crippen LogP contribution in [0.5, 0.6) is 0 Å². The molecular weight excluding hydrogens is 318 g/mol. The van der Waals surface area contributed by atoms with Crippen molar-refractivity contribution in [3.63, 3.8) is 0 Å². The number of benzene rings is 2. The van der Waals surface area contributed by atoms with Gasteiger partial charge < -0.3 is 20.7 Å². The molecule has 3 aromatic rings. The zero-order valence-corrected chi connectivity index (χ0v) is 13.8. The lowest BCUT2D eigenvalue weighted by atomic mass is 10.1. The van der Waals surface area contributed by atoms with Crippen LogP contribution in [0.15, 0.2) is 48.7 Å². The quantitative estimate of drug-likeness (QED) is 0.556. The molecule has 0 aliphatic rings. The second kappa shape index (κ2) is 7.09. The largest absolute Gasteiger partial charge is 0.478 e. The van der Waals surface area contributed by atoms with Crippen molar-refractivity contribution in [3.05, 3.63) is 65.4 Å². The smallest absolute Gasteiger partial charge is 0.337 e. The van der Waals surface area contributed by atoms with Crippen LogP contribution in [0.4, 0.5) is 5.69 Å². The zero-order valence-electron chi connectivity index (χ0n) is 13.8. The van der Waals surface area contributed by atoms with E-state index in [4.69, 9.17) is 0 Å². The highest BCUT2D eigenvalue weighted by atomic mass is 16.4. The number of aromatic amines is 1. The lowest BCUT2D eigenvalue weighted by Gasteiger charge is -2.11. The van der Waals surface area contributed by atoms with E-state index >= 15 is 0 Å². The van der Waals surface area contributed by atoms with E-state index in [0.717, 1.165) is 17.3 Å². The minimum absolute atomic E-state index is 0.0834. The average Bonchev–Trinajstić information content (AvgIpc) is 3.04. The van der Waals surface area contributed by atoms with Crippen molar-refractivity contribution in [1.82, 2.24) is 10.3 Å². The number of amides is 1. The number of nitrogens with one attached hydrogen (secondary N) is 3. The number of hydrogen-bond acceptors (Lipinski definition) is 3. The number of H-pyrrole nitrogens is 1. The van der Waals surface area contributed by atoms with Gasteiger partial charge >= 0.3 is 5.97 Å². The van der Waals surface area contributed by atoms with Crippen LogP contribution < -0.4 is 10.6 Å². The van der Waals surface area contributed by atoms with Gasteiger partial charge in [0, 0.05) is 41.9 Å². The second-order valence-corrected chi connectivity index (χ2v) is 5.68. The van der Waals surface area contributed by atoms with Gasteiger partial charge in [0.25, 0.3) is 5.91 Å². The Hall–Kier alpha value is -3.28. The molecule has 1 heterocycles. The molecule has 1 aromatic heterocycles. The van der Waals surface area contributed by atoms with Gasteiger partial charge in [-0.3, -0.25) is 4.79 Å². The lowest BCUT2D eigenvalue weighted by molar-refractivity contribution is 0.0698. The number of aromatic nitrogens is 1. The Kier molecular flexibility index (Phi) is 4.70. The molecule has 0 bridgehead atoms. The van der Waals surface area contributed by atoms with Gasteiger partial charge in [-0.1, -0.05) is 18.2 Å². The molecule has 0 fully saturated rings. The fourth-order valence-corrected chi connectivity index (χ4v) is 2.83. The van der Waals surface area contributed by atoms with Crippen molar-refractivity contribution >= 4 is 28.5 Å². The summed E-state index contributed by atoms with van der Waals surface area (Å²) in [6.07, 6.45) is 2.72. The Morgan fingerprint density at radius 1 is 1.16 bits per heavy atom. The molecule has 0 aliphatic carbocycles. The summed E-state index contributed by atoms with van der Waals surface area (Å²) >= 11 is 0. The number of rotatable bonds is 6. The van der Waals surface area contributed by atoms with Crippen LogP contribution in [0.3, 0.4) is 0 Å². The molecule has 2 aromatic carbocycles. The third kappa shape index (κ3) is 3.47. The summed E-state index contributed by atoms with van der Waals surface area (Å²) in [7, 11) is 1.51. The summed E-state index contributed by atoms with van der Waals surface area (Å²) in [5, 5.41) is 16.2. The fourth-order valence-electron chi connectivity index (χ4n) is 2.83. The normalized spacial score (nSPS) is 10.6. The van der Waals surface area contributed by atoms with Crippen molar-refractivity contribution in [2.45, 2.75) is 6.42 Å². The van der Waals surface area contributed by atoms with Gasteiger partial charge in [-0.15, -0.1) is 0 Å². The number of aromatic carboxylic acids is 1. The maximum atomic E-state index is 11.7. The van der Waals surface area contributed by atoms with Crippen molar-refractivity contribution in [2.75, 3.05) is 18.9 Å². The molecule has 0 radical (unpaired) electrons. The first kappa shape index (κ1) is 16.6. The van der Waals surface area contributed by atoms with E-state index in [9.17, 15) is 14.7 Å². The summed E-state index contributed by atoms with van der Waals surface area (Å²) < 4.78 is 0. The third-order valence-corrected chi connectivity index (χ3v) is 4.12. The van der Waals surface area contributed by atoms with Crippen LogP contribution in [0.2, 0.25) is 0 Å². The molecule has 3 rings (SSSR count). The highest BCUT2D eigenvalue weighted by Gasteiger charge is 2.14. The Balaban J connectivity index is 1.74. The predicted molar refractivity (Wildman–Crippen MR) is 97.3 cm³/mol. The maximum Gasteiger partial charge on any atom is 0.337 e. The summed E-state index contributed by atoms with van der Waals surface area (Å²) in [5.74, 6) is -1.38. The molecule has 25 heavy (non-hydrogen) atoms. The molecule has 1 amide bonds. The number of carboxylic acids is 1. The standard InChI is InChI=1S/C19H19N3O3/c1-20-18(23)12-6-7-17(15(10-12)19(24)25)21-9-8-13-11-22-16-5-3-2-4-14(13)16/h2-7,10-11,21-22H,8-9H2,1H3,(H,20,23)(H,24,25). The Bertz CT molecular complexity index is 931.